The quantitative estimate of drug-likeness (QED) is 0.524. The maximum atomic E-state index is 11.6. The number of ether oxygens (including phenoxy) is 1. The molecule has 3 aliphatic rings. The first-order valence-electron chi connectivity index (χ1n) is 10.4. The van der Waals surface area contributed by atoms with E-state index in [1.807, 2.05) is 0 Å². The van der Waals surface area contributed by atoms with Crippen molar-refractivity contribution in [1.82, 2.24) is 4.90 Å². The molecule has 0 aromatic heterocycles. The Labute approximate surface area is 147 Å². The molecule has 3 saturated carbocycles. The summed E-state index contributed by atoms with van der Waals surface area (Å²) in [5, 5.41) is 0. The summed E-state index contributed by atoms with van der Waals surface area (Å²) in [7, 11) is 0. The van der Waals surface area contributed by atoms with E-state index in [9.17, 15) is 4.79 Å². The van der Waals surface area contributed by atoms with Crippen molar-refractivity contribution in [3.63, 3.8) is 0 Å². The van der Waals surface area contributed by atoms with Crippen LogP contribution in [0.25, 0.3) is 0 Å². The van der Waals surface area contributed by atoms with Gasteiger partial charge in [-0.3, -0.25) is 4.90 Å². The molecule has 0 amide bonds. The van der Waals surface area contributed by atoms with Gasteiger partial charge in [0, 0.05) is 24.2 Å². The third-order valence-electron chi connectivity index (χ3n) is 6.46. The molecule has 0 aromatic carbocycles. The molecule has 0 bridgehead atoms. The molecule has 3 fully saturated rings. The Balaban J connectivity index is 1.68. The van der Waals surface area contributed by atoms with Gasteiger partial charge in [-0.1, -0.05) is 45.1 Å². The van der Waals surface area contributed by atoms with Crippen molar-refractivity contribution in [2.45, 2.75) is 114 Å². The third kappa shape index (κ3) is 4.62. The topological polar surface area (TPSA) is 29.5 Å². The second-order valence-corrected chi connectivity index (χ2v) is 8.11. The third-order valence-corrected chi connectivity index (χ3v) is 6.46. The fraction of sp³-hybridized carbons (Fsp3) is 0.857. The SMILES string of the molecule is C=CC(=O)OC1CCCC(N(C2CCCCC2)C2CCCCC2)C1. The summed E-state index contributed by atoms with van der Waals surface area (Å²) in [6, 6.07) is 2.17. The second kappa shape index (κ2) is 9.03. The van der Waals surface area contributed by atoms with Gasteiger partial charge in [-0.05, 0) is 51.4 Å². The zero-order chi connectivity index (χ0) is 16.8. The van der Waals surface area contributed by atoms with Gasteiger partial charge in [-0.25, -0.2) is 4.79 Å². The molecule has 3 rings (SSSR count). The highest BCUT2D eigenvalue weighted by Gasteiger charge is 2.37. The van der Waals surface area contributed by atoms with Gasteiger partial charge in [0.25, 0.3) is 0 Å². The van der Waals surface area contributed by atoms with E-state index < -0.39 is 0 Å². The van der Waals surface area contributed by atoms with Crippen LogP contribution in [0.1, 0.15) is 89.9 Å². The summed E-state index contributed by atoms with van der Waals surface area (Å²) in [6.07, 6.45) is 19.9. The Morgan fingerprint density at radius 2 is 1.33 bits per heavy atom. The molecule has 24 heavy (non-hydrogen) atoms. The van der Waals surface area contributed by atoms with E-state index in [0.29, 0.717) is 6.04 Å². The van der Waals surface area contributed by atoms with Gasteiger partial charge in [0.05, 0.1) is 0 Å². The van der Waals surface area contributed by atoms with Crippen LogP contribution in [0.15, 0.2) is 12.7 Å². The molecule has 136 valence electrons. The predicted octanol–water partition coefficient (Wildman–Crippen LogP) is 4.99. The van der Waals surface area contributed by atoms with Crippen LogP contribution in [0.4, 0.5) is 0 Å². The lowest BCUT2D eigenvalue weighted by atomic mass is 9.83. The van der Waals surface area contributed by atoms with Gasteiger partial charge in [0.1, 0.15) is 6.10 Å². The van der Waals surface area contributed by atoms with E-state index in [1.54, 1.807) is 0 Å². The van der Waals surface area contributed by atoms with Crippen molar-refractivity contribution < 1.29 is 9.53 Å². The molecule has 2 unspecified atom stereocenters. The first-order chi connectivity index (χ1) is 11.8. The molecule has 0 spiro atoms. The zero-order valence-electron chi connectivity index (χ0n) is 15.3. The molecule has 0 radical (unpaired) electrons. The average molecular weight is 334 g/mol. The highest BCUT2D eigenvalue weighted by molar-refractivity contribution is 5.81. The Morgan fingerprint density at radius 3 is 1.88 bits per heavy atom. The Morgan fingerprint density at radius 1 is 0.792 bits per heavy atom. The van der Waals surface area contributed by atoms with E-state index >= 15 is 0 Å². The minimum Gasteiger partial charge on any atom is -0.459 e. The van der Waals surface area contributed by atoms with Gasteiger partial charge in [0.15, 0.2) is 0 Å². The van der Waals surface area contributed by atoms with Crippen LogP contribution in [0.2, 0.25) is 0 Å². The summed E-state index contributed by atoms with van der Waals surface area (Å²) in [5.41, 5.74) is 0. The second-order valence-electron chi connectivity index (χ2n) is 8.11. The number of hydrogen-bond acceptors (Lipinski definition) is 3. The van der Waals surface area contributed by atoms with Gasteiger partial charge in [-0.2, -0.15) is 0 Å². The van der Waals surface area contributed by atoms with Crippen molar-refractivity contribution in [1.29, 1.82) is 0 Å². The van der Waals surface area contributed by atoms with Crippen molar-refractivity contribution in [2.24, 2.45) is 0 Å². The van der Waals surface area contributed by atoms with E-state index in [4.69, 9.17) is 4.74 Å². The molecule has 0 heterocycles. The summed E-state index contributed by atoms with van der Waals surface area (Å²) in [5.74, 6) is -0.248. The van der Waals surface area contributed by atoms with Gasteiger partial charge in [-0.15, -0.1) is 0 Å². The van der Waals surface area contributed by atoms with Gasteiger partial charge in [0.2, 0.25) is 0 Å². The minimum atomic E-state index is -0.248. The van der Waals surface area contributed by atoms with Crippen LogP contribution in [-0.4, -0.2) is 35.1 Å². The number of carbonyl (C=O) groups is 1. The molecule has 2 atom stereocenters. The van der Waals surface area contributed by atoms with E-state index in [1.165, 1.54) is 83.1 Å². The van der Waals surface area contributed by atoms with Crippen LogP contribution < -0.4 is 0 Å². The highest BCUT2D eigenvalue weighted by Crippen LogP contribution is 2.36. The molecular weight excluding hydrogens is 298 g/mol. The Bertz CT molecular complexity index is 392. The molecule has 3 nitrogen and oxygen atoms in total. The van der Waals surface area contributed by atoms with Gasteiger partial charge >= 0.3 is 5.97 Å². The van der Waals surface area contributed by atoms with Crippen LogP contribution in [0, 0.1) is 0 Å². The smallest absolute Gasteiger partial charge is 0.330 e. The molecule has 3 aliphatic carbocycles. The lowest BCUT2D eigenvalue weighted by Gasteiger charge is -2.48. The largest absolute Gasteiger partial charge is 0.459 e. The average Bonchev–Trinajstić information content (AvgIpc) is 2.64. The van der Waals surface area contributed by atoms with Crippen LogP contribution >= 0.6 is 0 Å². The molecule has 0 saturated heterocycles. The number of rotatable bonds is 5. The first kappa shape index (κ1) is 18.0. The minimum absolute atomic E-state index is 0.101. The number of hydrogen-bond donors (Lipinski definition) is 0. The van der Waals surface area contributed by atoms with Crippen molar-refractivity contribution in [3.8, 4) is 0 Å². The Kier molecular flexibility index (Phi) is 6.76. The maximum Gasteiger partial charge on any atom is 0.330 e. The predicted molar refractivity (Wildman–Crippen MR) is 97.9 cm³/mol. The molecule has 0 aliphatic heterocycles. The monoisotopic (exact) mass is 333 g/mol. The molecule has 3 heteroatoms. The lowest BCUT2D eigenvalue weighted by molar-refractivity contribution is -0.146. The summed E-state index contributed by atoms with van der Waals surface area (Å²) in [4.78, 5) is 14.5. The van der Waals surface area contributed by atoms with Crippen molar-refractivity contribution >= 4 is 5.97 Å². The molecular formula is C21H35NO2. The summed E-state index contributed by atoms with van der Waals surface area (Å²) in [6.45, 7) is 3.54. The number of esters is 1. The van der Waals surface area contributed by atoms with Gasteiger partial charge < -0.3 is 4.74 Å². The van der Waals surface area contributed by atoms with Crippen molar-refractivity contribution in [3.05, 3.63) is 12.7 Å². The summed E-state index contributed by atoms with van der Waals surface area (Å²) < 4.78 is 5.61. The highest BCUT2D eigenvalue weighted by atomic mass is 16.5. The normalized spacial score (nSPS) is 30.2. The van der Waals surface area contributed by atoms with E-state index in [0.717, 1.165) is 24.9 Å². The standard InChI is InChI=1S/C21H35NO2/c1-2-21(23)24-20-15-9-14-19(16-20)22(17-10-5-3-6-11-17)18-12-7-4-8-13-18/h2,17-20H,1,3-16H2. The van der Waals surface area contributed by atoms with Crippen LogP contribution in [0.3, 0.4) is 0 Å². The fourth-order valence-corrected chi connectivity index (χ4v) is 5.36. The van der Waals surface area contributed by atoms with Crippen LogP contribution in [0.5, 0.6) is 0 Å². The molecule has 0 N–H and O–H groups in total. The maximum absolute atomic E-state index is 11.6. The zero-order valence-corrected chi connectivity index (χ0v) is 15.3. The van der Waals surface area contributed by atoms with Crippen molar-refractivity contribution in [2.75, 3.05) is 0 Å². The summed E-state index contributed by atoms with van der Waals surface area (Å²) >= 11 is 0. The van der Waals surface area contributed by atoms with E-state index in [-0.39, 0.29) is 12.1 Å². The fourth-order valence-electron chi connectivity index (χ4n) is 5.36. The number of nitrogens with zero attached hydrogens (tertiary/aromatic N) is 1. The molecule has 0 aromatic rings. The van der Waals surface area contributed by atoms with E-state index in [2.05, 4.69) is 11.5 Å². The lowest BCUT2D eigenvalue weighted by Crippen LogP contribution is -2.53. The number of carbonyl (C=O) groups excluding carboxylic acids is 1. The first-order valence-corrected chi connectivity index (χ1v) is 10.4. The van der Waals surface area contributed by atoms with Crippen LogP contribution in [-0.2, 0) is 9.53 Å². The Hall–Kier alpha value is -0.830.